The third kappa shape index (κ3) is 9.36. The Kier molecular flexibility index (Phi) is 12.4. The number of rotatable bonds is 3. The van der Waals surface area contributed by atoms with Gasteiger partial charge < -0.3 is 48.5 Å². The van der Waals surface area contributed by atoms with E-state index in [0.29, 0.717) is 19.4 Å². The third-order valence-corrected chi connectivity index (χ3v) is 9.15. The number of aliphatic hydroxyl groups is 3. The minimum absolute atomic E-state index is 0.0186. The van der Waals surface area contributed by atoms with Crippen LogP contribution in [0.3, 0.4) is 0 Å². The highest BCUT2D eigenvalue weighted by molar-refractivity contribution is 5.83. The molecule has 4 heterocycles. The van der Waals surface area contributed by atoms with E-state index in [9.17, 15) is 29.7 Å². The van der Waals surface area contributed by atoms with Crippen LogP contribution in [0.2, 0.25) is 0 Å². The lowest BCUT2D eigenvalue weighted by Crippen LogP contribution is -2.62. The number of esters is 3. The molecule has 0 saturated carbocycles. The lowest BCUT2D eigenvalue weighted by Gasteiger charge is -2.51. The molecule has 6 bridgehead atoms. The van der Waals surface area contributed by atoms with Crippen molar-refractivity contribution < 1.29 is 62.9 Å². The fourth-order valence-electron chi connectivity index (χ4n) is 6.61. The first-order valence-electron chi connectivity index (χ1n) is 16.2. The van der Waals surface area contributed by atoms with Gasteiger partial charge in [-0.05, 0) is 57.1 Å². The summed E-state index contributed by atoms with van der Waals surface area (Å²) >= 11 is 0. The third-order valence-electron chi connectivity index (χ3n) is 9.15. The highest BCUT2D eigenvalue weighted by atomic mass is 16.7. The van der Waals surface area contributed by atoms with Crippen molar-refractivity contribution in [2.24, 2.45) is 5.41 Å². The normalized spacial score (nSPS) is 39.7. The highest BCUT2D eigenvalue weighted by Gasteiger charge is 2.57. The summed E-state index contributed by atoms with van der Waals surface area (Å²) in [5.41, 5.74) is -1.07. The summed E-state index contributed by atoms with van der Waals surface area (Å²) in [5.74, 6) is -4.41. The largest absolute Gasteiger partial charge is 0.466 e. The molecule has 4 aliphatic heterocycles. The Bertz CT molecular complexity index is 1130. The Hall–Kier alpha value is -2.39. The zero-order valence-corrected chi connectivity index (χ0v) is 27.4. The van der Waals surface area contributed by atoms with Crippen molar-refractivity contribution in [3.05, 3.63) is 23.8 Å². The molecule has 10 atom stereocenters. The number of hydrogen-bond acceptors (Lipinski definition) is 13. The second-order valence-corrected chi connectivity index (χ2v) is 13.4. The molecular weight excluding hydrogens is 604 g/mol. The summed E-state index contributed by atoms with van der Waals surface area (Å²) < 4.78 is 40.8. The zero-order chi connectivity index (χ0) is 33.6. The summed E-state index contributed by atoms with van der Waals surface area (Å²) in [6.07, 6.45) is 1.43. The standard InChI is InChI=1S/C33H50O13/c1-19(34)27-18-26-13-21(14-28(37)40-5)31(42-20(2)35)33(39,46-26)32(3,4)11-9-30-41-12-10-25(44-30)17-24-8-6-7-23(43-24)15-22(36)16-29(38)45-27/h9,11,14,19,22-27,30-31,34,36,39H,6-8,10,12-13,15-18H2,1-5H3/b11-9-,21-14+/t19-,22-,23+,24-,25+,26+,27-,30+,31+,33-/m1/s1. The Morgan fingerprint density at radius 3 is 2.41 bits per heavy atom. The number of hydrogen-bond donors (Lipinski definition) is 3. The van der Waals surface area contributed by atoms with Crippen LogP contribution < -0.4 is 0 Å². The summed E-state index contributed by atoms with van der Waals surface area (Å²) in [5, 5.41) is 33.7. The van der Waals surface area contributed by atoms with Gasteiger partial charge >= 0.3 is 17.9 Å². The first-order chi connectivity index (χ1) is 21.7. The van der Waals surface area contributed by atoms with E-state index in [1.165, 1.54) is 21.0 Å². The van der Waals surface area contributed by atoms with Gasteiger partial charge in [0.25, 0.3) is 0 Å². The van der Waals surface area contributed by atoms with Gasteiger partial charge in [0.1, 0.15) is 6.10 Å². The first-order valence-corrected chi connectivity index (χ1v) is 16.2. The van der Waals surface area contributed by atoms with Crippen LogP contribution in [0, 0.1) is 5.41 Å². The predicted octanol–water partition coefficient (Wildman–Crippen LogP) is 2.37. The van der Waals surface area contributed by atoms with Crippen molar-refractivity contribution in [3.63, 3.8) is 0 Å². The maximum atomic E-state index is 12.9. The molecular formula is C33H50O13. The van der Waals surface area contributed by atoms with E-state index in [2.05, 4.69) is 0 Å². The summed E-state index contributed by atoms with van der Waals surface area (Å²) in [7, 11) is 1.20. The van der Waals surface area contributed by atoms with E-state index in [1.807, 2.05) is 0 Å². The molecule has 0 amide bonds. The van der Waals surface area contributed by atoms with Crippen molar-refractivity contribution >= 4 is 17.9 Å². The molecule has 3 fully saturated rings. The minimum atomic E-state index is -2.25. The highest BCUT2D eigenvalue weighted by Crippen LogP contribution is 2.47. The van der Waals surface area contributed by atoms with Gasteiger partial charge in [-0.3, -0.25) is 9.59 Å². The van der Waals surface area contributed by atoms with Crippen LogP contribution in [0.15, 0.2) is 23.8 Å². The van der Waals surface area contributed by atoms with Crippen molar-refractivity contribution in [1.82, 2.24) is 0 Å². The van der Waals surface area contributed by atoms with Crippen LogP contribution in [-0.2, 0) is 47.5 Å². The molecule has 46 heavy (non-hydrogen) atoms. The van der Waals surface area contributed by atoms with Crippen LogP contribution in [0.4, 0.5) is 0 Å². The van der Waals surface area contributed by atoms with E-state index in [1.54, 1.807) is 26.0 Å². The van der Waals surface area contributed by atoms with Crippen molar-refractivity contribution in [3.8, 4) is 0 Å². The number of fused-ring (bicyclic) bond motifs is 6. The van der Waals surface area contributed by atoms with Gasteiger partial charge in [0.2, 0.25) is 5.79 Å². The number of carbonyl (C=O) groups is 3. The maximum Gasteiger partial charge on any atom is 0.330 e. The Labute approximate surface area is 270 Å². The quantitative estimate of drug-likeness (QED) is 0.175. The Balaban J connectivity index is 1.72. The van der Waals surface area contributed by atoms with E-state index in [4.69, 9.17) is 33.2 Å². The van der Waals surface area contributed by atoms with Gasteiger partial charge in [-0.1, -0.05) is 19.9 Å². The average Bonchev–Trinajstić information content (AvgIpc) is 2.97. The summed E-state index contributed by atoms with van der Waals surface area (Å²) in [6.45, 7) is 6.43. The second kappa shape index (κ2) is 15.7. The summed E-state index contributed by atoms with van der Waals surface area (Å²) in [4.78, 5) is 37.7. The van der Waals surface area contributed by atoms with Gasteiger partial charge in [-0.15, -0.1) is 0 Å². The molecule has 13 heteroatoms. The second-order valence-electron chi connectivity index (χ2n) is 13.4. The van der Waals surface area contributed by atoms with Gasteiger partial charge in [0.05, 0.1) is 56.8 Å². The van der Waals surface area contributed by atoms with E-state index in [0.717, 1.165) is 25.3 Å². The van der Waals surface area contributed by atoms with Gasteiger partial charge in [0.15, 0.2) is 12.4 Å². The Morgan fingerprint density at radius 1 is 1.04 bits per heavy atom. The molecule has 0 spiro atoms. The first kappa shape index (κ1) is 36.4. The molecule has 4 rings (SSSR count). The SMILES string of the molecule is COC(=O)/C=C1\C[C@H]2C[C@H]([C@@H](C)O)OC(=O)C[C@H](O)C[C@@H]3CCC[C@H](C[C@@H]4CCO[C@H](/C=C\C(C)(C)[C@](O)(O2)[C@H]1OC(C)=O)O4)O3. The molecule has 3 N–H and O–H groups in total. The number of cyclic esters (lactones) is 1. The number of methoxy groups -OCH3 is 1. The molecule has 0 aromatic rings. The van der Waals surface area contributed by atoms with Gasteiger partial charge in [-0.25, -0.2) is 4.79 Å². The van der Waals surface area contributed by atoms with E-state index in [-0.39, 0.29) is 49.6 Å². The molecule has 0 radical (unpaired) electrons. The van der Waals surface area contributed by atoms with Crippen LogP contribution in [0.1, 0.15) is 85.5 Å². The van der Waals surface area contributed by atoms with E-state index < -0.39 is 65.9 Å². The van der Waals surface area contributed by atoms with Gasteiger partial charge in [0, 0.05) is 31.3 Å². The molecule has 0 aliphatic carbocycles. The topological polar surface area (TPSA) is 177 Å². The lowest BCUT2D eigenvalue weighted by molar-refractivity contribution is -0.327. The summed E-state index contributed by atoms with van der Waals surface area (Å²) in [6, 6.07) is 0. The monoisotopic (exact) mass is 654 g/mol. The lowest BCUT2D eigenvalue weighted by atomic mass is 9.74. The van der Waals surface area contributed by atoms with Crippen LogP contribution in [-0.4, -0.2) is 108 Å². The smallest absolute Gasteiger partial charge is 0.330 e. The Morgan fingerprint density at radius 2 is 1.74 bits per heavy atom. The molecule has 3 saturated heterocycles. The molecule has 260 valence electrons. The fraction of sp³-hybridized carbons (Fsp3) is 0.788. The van der Waals surface area contributed by atoms with Crippen molar-refractivity contribution in [2.75, 3.05) is 13.7 Å². The number of aliphatic hydroxyl groups excluding tert-OH is 2. The molecule has 0 aromatic heterocycles. The van der Waals surface area contributed by atoms with Crippen molar-refractivity contribution in [2.45, 2.75) is 146 Å². The van der Waals surface area contributed by atoms with E-state index >= 15 is 0 Å². The van der Waals surface area contributed by atoms with Crippen molar-refractivity contribution in [1.29, 1.82) is 0 Å². The van der Waals surface area contributed by atoms with Crippen LogP contribution in [0.5, 0.6) is 0 Å². The maximum absolute atomic E-state index is 12.9. The molecule has 4 aliphatic rings. The molecule has 13 nitrogen and oxygen atoms in total. The number of carbonyl (C=O) groups excluding carboxylic acids is 3. The zero-order valence-electron chi connectivity index (χ0n) is 27.4. The van der Waals surface area contributed by atoms with Gasteiger partial charge in [-0.2, -0.15) is 0 Å². The predicted molar refractivity (Wildman–Crippen MR) is 161 cm³/mol. The number of ether oxygens (including phenoxy) is 7. The fourth-order valence-corrected chi connectivity index (χ4v) is 6.61. The average molecular weight is 655 g/mol. The van der Waals surface area contributed by atoms with Crippen LogP contribution in [0.25, 0.3) is 0 Å². The molecule has 0 unspecified atom stereocenters. The minimum Gasteiger partial charge on any atom is -0.466 e. The molecule has 0 aromatic carbocycles. The van der Waals surface area contributed by atoms with Crippen LogP contribution >= 0.6 is 0 Å².